The van der Waals surface area contributed by atoms with Gasteiger partial charge in [0.15, 0.2) is 0 Å². The SMILES string of the molecule is CN(CCCS(N)(=O)=O)CCN(C)CC1Cc2ccccc2-c2c(C3CCCCC3)c3ccc(C(=O)O)cc3n2C1. The van der Waals surface area contributed by atoms with Gasteiger partial charge in [0, 0.05) is 42.6 Å². The van der Waals surface area contributed by atoms with Gasteiger partial charge in [0.25, 0.3) is 0 Å². The van der Waals surface area contributed by atoms with Gasteiger partial charge in [0.2, 0.25) is 10.0 Å². The van der Waals surface area contributed by atoms with E-state index in [1.165, 1.54) is 59.9 Å². The zero-order valence-electron chi connectivity index (χ0n) is 24.4. The number of carboxylic acid groups (broad SMARTS) is 1. The van der Waals surface area contributed by atoms with Gasteiger partial charge in [0.1, 0.15) is 0 Å². The van der Waals surface area contributed by atoms with Gasteiger partial charge < -0.3 is 19.5 Å². The number of primary sulfonamides is 1. The van der Waals surface area contributed by atoms with Crippen LogP contribution in [0.15, 0.2) is 42.5 Å². The standard InChI is InChI=1S/C32H44N4O4S/c1-34(15-8-18-41(33,39)40)16-17-35(2)21-23-19-25-11-6-7-12-27(25)31-30(24-9-4-3-5-10-24)28-14-13-26(32(37)38)20-29(28)36(31)22-23/h6-7,11-14,20,23-24H,3-5,8-10,15-19,21-22H2,1-2H3,(H,37,38)(H2,33,39,40). The van der Waals surface area contributed by atoms with Gasteiger partial charge in [-0.3, -0.25) is 0 Å². The molecule has 1 aliphatic heterocycles. The quantitative estimate of drug-likeness (QED) is 0.338. The van der Waals surface area contributed by atoms with Crippen molar-refractivity contribution in [2.75, 3.05) is 46.0 Å². The second-order valence-electron chi connectivity index (χ2n) is 12.3. The second kappa shape index (κ2) is 12.7. The molecule has 2 heterocycles. The first-order chi connectivity index (χ1) is 19.6. The van der Waals surface area contributed by atoms with Gasteiger partial charge in [-0.1, -0.05) is 49.6 Å². The Morgan fingerprint density at radius 3 is 2.49 bits per heavy atom. The molecule has 41 heavy (non-hydrogen) atoms. The second-order valence-corrected chi connectivity index (χ2v) is 14.0. The van der Waals surface area contributed by atoms with E-state index in [4.69, 9.17) is 5.14 Å². The molecule has 1 aliphatic carbocycles. The molecular formula is C32H44N4O4S. The molecule has 1 unspecified atom stereocenters. The number of rotatable bonds is 11. The van der Waals surface area contributed by atoms with Crippen molar-refractivity contribution in [2.45, 2.75) is 57.4 Å². The van der Waals surface area contributed by atoms with Crippen molar-refractivity contribution in [1.82, 2.24) is 14.4 Å². The summed E-state index contributed by atoms with van der Waals surface area (Å²) in [6.07, 6.45) is 7.66. The molecule has 1 saturated carbocycles. The van der Waals surface area contributed by atoms with E-state index in [1.54, 1.807) is 6.07 Å². The molecule has 222 valence electrons. The molecule has 1 aromatic heterocycles. The number of nitrogens with two attached hydrogens (primary N) is 1. The van der Waals surface area contributed by atoms with E-state index >= 15 is 0 Å². The maximum atomic E-state index is 12.0. The van der Waals surface area contributed by atoms with Crippen LogP contribution in [0.1, 0.15) is 65.9 Å². The van der Waals surface area contributed by atoms with Crippen LogP contribution in [0.2, 0.25) is 0 Å². The smallest absolute Gasteiger partial charge is 0.335 e. The summed E-state index contributed by atoms with van der Waals surface area (Å²) in [5, 5.41) is 16.2. The number of carbonyl (C=O) groups is 1. The Labute approximate surface area is 244 Å². The zero-order chi connectivity index (χ0) is 29.1. The molecule has 2 aromatic carbocycles. The fraction of sp³-hybridized carbons (Fsp3) is 0.531. The largest absolute Gasteiger partial charge is 0.478 e. The highest BCUT2D eigenvalue weighted by molar-refractivity contribution is 7.89. The number of benzene rings is 2. The lowest BCUT2D eigenvalue weighted by Crippen LogP contribution is -2.36. The minimum Gasteiger partial charge on any atom is -0.478 e. The fourth-order valence-corrected chi connectivity index (χ4v) is 7.53. The van der Waals surface area contributed by atoms with Crippen molar-refractivity contribution < 1.29 is 18.3 Å². The number of carboxylic acids is 1. The summed E-state index contributed by atoms with van der Waals surface area (Å²) >= 11 is 0. The van der Waals surface area contributed by atoms with Gasteiger partial charge in [-0.2, -0.15) is 0 Å². The molecule has 8 nitrogen and oxygen atoms in total. The van der Waals surface area contributed by atoms with Gasteiger partial charge in [-0.25, -0.2) is 18.4 Å². The average molecular weight is 581 g/mol. The minimum absolute atomic E-state index is 0.00819. The van der Waals surface area contributed by atoms with Gasteiger partial charge in [0.05, 0.1) is 17.0 Å². The van der Waals surface area contributed by atoms with E-state index in [0.29, 0.717) is 30.4 Å². The van der Waals surface area contributed by atoms with Crippen LogP contribution in [0, 0.1) is 5.92 Å². The number of fused-ring (bicyclic) bond motifs is 5. The molecule has 3 N–H and O–H groups in total. The lowest BCUT2D eigenvalue weighted by atomic mass is 9.81. The third kappa shape index (κ3) is 7.02. The molecule has 0 amide bonds. The number of nitrogens with zero attached hydrogens (tertiary/aromatic N) is 3. The monoisotopic (exact) mass is 580 g/mol. The first-order valence-corrected chi connectivity index (χ1v) is 16.7. The Morgan fingerprint density at radius 2 is 1.76 bits per heavy atom. The zero-order valence-corrected chi connectivity index (χ0v) is 25.2. The highest BCUT2D eigenvalue weighted by atomic mass is 32.2. The van der Waals surface area contributed by atoms with Gasteiger partial charge in [-0.15, -0.1) is 0 Å². The number of aromatic nitrogens is 1. The predicted octanol–water partition coefficient (Wildman–Crippen LogP) is 4.77. The summed E-state index contributed by atoms with van der Waals surface area (Å²) in [4.78, 5) is 16.5. The molecule has 0 spiro atoms. The summed E-state index contributed by atoms with van der Waals surface area (Å²) < 4.78 is 24.9. The van der Waals surface area contributed by atoms with Crippen LogP contribution >= 0.6 is 0 Å². The topological polar surface area (TPSA) is 109 Å². The van der Waals surface area contributed by atoms with E-state index in [2.05, 4.69) is 51.7 Å². The van der Waals surface area contributed by atoms with E-state index in [-0.39, 0.29) is 5.75 Å². The highest BCUT2D eigenvalue weighted by Crippen LogP contribution is 2.46. The molecular weight excluding hydrogens is 536 g/mol. The summed E-state index contributed by atoms with van der Waals surface area (Å²) in [6.45, 7) is 4.16. The van der Waals surface area contributed by atoms with Crippen LogP contribution in [0.3, 0.4) is 0 Å². The maximum Gasteiger partial charge on any atom is 0.335 e. The van der Waals surface area contributed by atoms with Crippen molar-refractivity contribution in [3.63, 3.8) is 0 Å². The van der Waals surface area contributed by atoms with Gasteiger partial charge in [-0.05, 0) is 81.4 Å². The Balaban J connectivity index is 1.44. The number of hydrogen-bond acceptors (Lipinski definition) is 5. The number of hydrogen-bond donors (Lipinski definition) is 2. The third-order valence-electron chi connectivity index (χ3n) is 8.99. The van der Waals surface area contributed by atoms with E-state index in [1.807, 2.05) is 13.1 Å². The van der Waals surface area contributed by atoms with Gasteiger partial charge >= 0.3 is 5.97 Å². The molecule has 1 atom stereocenters. The van der Waals surface area contributed by atoms with Crippen LogP contribution in [0.5, 0.6) is 0 Å². The molecule has 0 saturated heterocycles. The number of aromatic carboxylic acids is 1. The molecule has 5 rings (SSSR count). The molecule has 2 aliphatic rings. The summed E-state index contributed by atoms with van der Waals surface area (Å²) in [5.74, 6) is -0.0253. The summed E-state index contributed by atoms with van der Waals surface area (Å²) in [6, 6.07) is 14.5. The Hall–Kier alpha value is -2.72. The average Bonchev–Trinajstić information content (AvgIpc) is 3.15. The third-order valence-corrected chi connectivity index (χ3v) is 9.85. The molecule has 0 radical (unpaired) electrons. The summed E-state index contributed by atoms with van der Waals surface area (Å²) in [7, 11) is 0.747. The van der Waals surface area contributed by atoms with Crippen LogP contribution in [-0.2, 0) is 23.0 Å². The fourth-order valence-electron chi connectivity index (χ4n) is 7.00. The normalized spacial score (nSPS) is 18.0. The lowest BCUT2D eigenvalue weighted by Gasteiger charge is -2.26. The van der Waals surface area contributed by atoms with Crippen LogP contribution in [0.25, 0.3) is 22.2 Å². The van der Waals surface area contributed by atoms with E-state index in [9.17, 15) is 18.3 Å². The van der Waals surface area contributed by atoms with Crippen LogP contribution < -0.4 is 5.14 Å². The van der Waals surface area contributed by atoms with Crippen molar-refractivity contribution in [1.29, 1.82) is 0 Å². The Morgan fingerprint density at radius 1 is 1.02 bits per heavy atom. The van der Waals surface area contributed by atoms with E-state index in [0.717, 1.165) is 38.1 Å². The maximum absolute atomic E-state index is 12.0. The molecule has 0 bridgehead atoms. The van der Waals surface area contributed by atoms with Crippen molar-refractivity contribution in [3.8, 4) is 11.3 Å². The number of likely N-dealkylation sites (N-methyl/N-ethyl adjacent to an activating group) is 2. The van der Waals surface area contributed by atoms with Crippen LogP contribution in [-0.4, -0.2) is 79.9 Å². The Bertz CT molecular complexity index is 1490. The molecule has 9 heteroatoms. The van der Waals surface area contributed by atoms with Crippen molar-refractivity contribution in [2.24, 2.45) is 11.1 Å². The minimum atomic E-state index is -3.42. The van der Waals surface area contributed by atoms with Crippen molar-refractivity contribution in [3.05, 3.63) is 59.2 Å². The first-order valence-electron chi connectivity index (χ1n) is 15.0. The van der Waals surface area contributed by atoms with Crippen LogP contribution in [0.4, 0.5) is 0 Å². The number of sulfonamides is 1. The predicted molar refractivity (Wildman–Crippen MR) is 165 cm³/mol. The van der Waals surface area contributed by atoms with E-state index < -0.39 is 16.0 Å². The molecule has 1 fully saturated rings. The first kappa shape index (κ1) is 29.8. The lowest BCUT2D eigenvalue weighted by molar-refractivity contribution is 0.0697. The summed E-state index contributed by atoms with van der Waals surface area (Å²) in [5.41, 5.74) is 6.75. The Kier molecular flexibility index (Phi) is 9.18. The molecule has 3 aromatic rings. The highest BCUT2D eigenvalue weighted by Gasteiger charge is 2.31. The van der Waals surface area contributed by atoms with Crippen molar-refractivity contribution >= 4 is 26.9 Å².